The zero-order chi connectivity index (χ0) is 13.9. The molecule has 3 nitrogen and oxygen atoms in total. The van der Waals surface area contributed by atoms with Gasteiger partial charge in [0.05, 0.1) is 12.7 Å². The van der Waals surface area contributed by atoms with Crippen LogP contribution in [0.4, 0.5) is 13.2 Å². The minimum atomic E-state index is -4.24. The molecule has 1 rings (SSSR count). The predicted octanol–water partition coefficient (Wildman–Crippen LogP) is 3.40. The van der Waals surface area contributed by atoms with Crippen LogP contribution >= 0.6 is 11.6 Å². The zero-order valence-corrected chi connectivity index (χ0v) is 10.3. The smallest absolute Gasteiger partial charge is 0.444 e. The van der Waals surface area contributed by atoms with Crippen LogP contribution in [0.2, 0.25) is 0 Å². The van der Waals surface area contributed by atoms with Crippen LogP contribution in [0.3, 0.4) is 0 Å². The first-order valence-electron chi connectivity index (χ1n) is 4.82. The van der Waals surface area contributed by atoms with Crippen LogP contribution < -0.4 is 9.47 Å². The fourth-order valence-corrected chi connectivity index (χ4v) is 1.24. The van der Waals surface area contributed by atoms with Gasteiger partial charge in [-0.2, -0.15) is 8.78 Å². The highest BCUT2D eigenvalue weighted by molar-refractivity contribution is 6.20. The van der Waals surface area contributed by atoms with Crippen LogP contribution in [0.1, 0.15) is 17.3 Å². The fraction of sp³-hybridized carbons (Fsp3) is 0.364. The first-order valence-corrected chi connectivity index (χ1v) is 5.25. The second-order valence-electron chi connectivity index (χ2n) is 3.38. The molecule has 0 heterocycles. The number of hydrogen-bond acceptors (Lipinski definition) is 3. The Morgan fingerprint density at radius 2 is 2.06 bits per heavy atom. The lowest BCUT2D eigenvalue weighted by molar-refractivity contribution is -0.199. The number of rotatable bonds is 5. The number of carbonyl (C=O) groups is 1. The molecule has 18 heavy (non-hydrogen) atoms. The van der Waals surface area contributed by atoms with E-state index in [1.165, 1.54) is 26.2 Å². The number of methoxy groups -OCH3 is 1. The SMILES string of the molecule is COc1ccc(C(C)=O)c(OC(F)(F)[C@@H](F)Cl)c1. The van der Waals surface area contributed by atoms with E-state index in [-0.39, 0.29) is 11.3 Å². The number of Topliss-reactive ketones (excluding diaryl/α,β-unsaturated/α-hetero) is 1. The average Bonchev–Trinajstić information content (AvgIpc) is 2.27. The Labute approximate surface area is 106 Å². The average molecular weight is 283 g/mol. The van der Waals surface area contributed by atoms with Gasteiger partial charge in [-0.05, 0) is 19.1 Å². The van der Waals surface area contributed by atoms with Gasteiger partial charge in [0, 0.05) is 6.07 Å². The van der Waals surface area contributed by atoms with Crippen molar-refractivity contribution in [2.75, 3.05) is 7.11 Å². The third-order valence-electron chi connectivity index (χ3n) is 2.07. The van der Waals surface area contributed by atoms with Crippen LogP contribution in [0.25, 0.3) is 0 Å². The highest BCUT2D eigenvalue weighted by Gasteiger charge is 2.42. The summed E-state index contributed by atoms with van der Waals surface area (Å²) in [6.07, 6.45) is -4.24. The van der Waals surface area contributed by atoms with Crippen molar-refractivity contribution in [1.29, 1.82) is 0 Å². The van der Waals surface area contributed by atoms with Crippen LogP contribution in [0, 0.1) is 0 Å². The standard InChI is InChI=1S/C11H10ClF3O3/c1-6(16)8-4-3-7(17-2)5-9(8)18-11(14,15)10(12)13/h3-5,10H,1-2H3/t10-/m1/s1. The molecule has 0 aliphatic rings. The molecule has 0 amide bonds. The molecule has 0 bridgehead atoms. The Morgan fingerprint density at radius 3 is 2.50 bits per heavy atom. The highest BCUT2D eigenvalue weighted by atomic mass is 35.5. The molecule has 0 saturated heterocycles. The van der Waals surface area contributed by atoms with Gasteiger partial charge in [-0.15, -0.1) is 0 Å². The van der Waals surface area contributed by atoms with E-state index in [4.69, 9.17) is 4.74 Å². The number of benzene rings is 1. The van der Waals surface area contributed by atoms with Gasteiger partial charge in [0.1, 0.15) is 11.5 Å². The van der Waals surface area contributed by atoms with E-state index in [0.29, 0.717) is 0 Å². The van der Waals surface area contributed by atoms with E-state index in [1.807, 2.05) is 0 Å². The molecule has 0 aliphatic carbocycles. The second kappa shape index (κ2) is 5.48. The molecule has 0 fully saturated rings. The van der Waals surface area contributed by atoms with E-state index in [9.17, 15) is 18.0 Å². The fourth-order valence-electron chi connectivity index (χ4n) is 1.20. The van der Waals surface area contributed by atoms with Gasteiger partial charge in [-0.1, -0.05) is 11.6 Å². The lowest BCUT2D eigenvalue weighted by Gasteiger charge is -2.19. The molecule has 1 aromatic rings. The van der Waals surface area contributed by atoms with Crippen molar-refractivity contribution >= 4 is 17.4 Å². The summed E-state index contributed by atoms with van der Waals surface area (Å²) in [5, 5.41) is 0. The van der Waals surface area contributed by atoms with E-state index in [0.717, 1.165) is 6.07 Å². The van der Waals surface area contributed by atoms with Crippen molar-refractivity contribution in [3.8, 4) is 11.5 Å². The molecule has 7 heteroatoms. The van der Waals surface area contributed by atoms with Gasteiger partial charge < -0.3 is 9.47 Å². The lowest BCUT2D eigenvalue weighted by Crippen LogP contribution is -2.33. The number of carbonyl (C=O) groups excluding carboxylic acids is 1. The van der Waals surface area contributed by atoms with Crippen molar-refractivity contribution in [3.63, 3.8) is 0 Å². The Kier molecular flexibility index (Phi) is 4.45. The first kappa shape index (κ1) is 14.6. The number of halogens is 4. The monoisotopic (exact) mass is 282 g/mol. The third-order valence-corrected chi connectivity index (χ3v) is 2.32. The molecule has 1 atom stereocenters. The summed E-state index contributed by atoms with van der Waals surface area (Å²) in [6.45, 7) is 1.17. The van der Waals surface area contributed by atoms with E-state index in [2.05, 4.69) is 16.3 Å². The van der Waals surface area contributed by atoms with Crippen molar-refractivity contribution in [3.05, 3.63) is 23.8 Å². The van der Waals surface area contributed by atoms with Crippen molar-refractivity contribution < 1.29 is 27.4 Å². The Morgan fingerprint density at radius 1 is 1.44 bits per heavy atom. The molecule has 0 N–H and O–H groups in total. The summed E-state index contributed by atoms with van der Waals surface area (Å²) >= 11 is 4.67. The highest BCUT2D eigenvalue weighted by Crippen LogP contribution is 2.33. The Balaban J connectivity index is 3.16. The number of alkyl halides is 4. The molecular formula is C11H10ClF3O3. The molecule has 0 radical (unpaired) electrons. The molecule has 100 valence electrons. The zero-order valence-electron chi connectivity index (χ0n) is 9.55. The van der Waals surface area contributed by atoms with Crippen LogP contribution in [0.15, 0.2) is 18.2 Å². The van der Waals surface area contributed by atoms with Crippen molar-refractivity contribution in [2.24, 2.45) is 0 Å². The summed E-state index contributed by atoms with van der Waals surface area (Å²) < 4.78 is 47.5. The van der Waals surface area contributed by atoms with Gasteiger partial charge in [-0.3, -0.25) is 4.79 Å². The summed E-state index contributed by atoms with van der Waals surface area (Å²) in [7, 11) is 1.31. The molecule has 0 unspecified atom stereocenters. The van der Waals surface area contributed by atoms with E-state index >= 15 is 0 Å². The number of hydrogen-bond donors (Lipinski definition) is 0. The molecule has 1 aromatic carbocycles. The molecule has 0 aromatic heterocycles. The topological polar surface area (TPSA) is 35.5 Å². The van der Waals surface area contributed by atoms with Crippen LogP contribution in [-0.2, 0) is 0 Å². The summed E-state index contributed by atoms with van der Waals surface area (Å²) in [4.78, 5) is 11.2. The summed E-state index contributed by atoms with van der Waals surface area (Å²) in [5.41, 5.74) is -3.14. The van der Waals surface area contributed by atoms with Crippen molar-refractivity contribution in [2.45, 2.75) is 18.7 Å². The molecular weight excluding hydrogens is 273 g/mol. The minimum Gasteiger partial charge on any atom is -0.497 e. The van der Waals surface area contributed by atoms with Gasteiger partial charge in [-0.25, -0.2) is 4.39 Å². The van der Waals surface area contributed by atoms with Gasteiger partial charge in [0.2, 0.25) is 0 Å². The minimum absolute atomic E-state index is 0.118. The van der Waals surface area contributed by atoms with Crippen molar-refractivity contribution in [1.82, 2.24) is 0 Å². The lowest BCUT2D eigenvalue weighted by atomic mass is 10.1. The maximum Gasteiger partial charge on any atom is 0.444 e. The van der Waals surface area contributed by atoms with Gasteiger partial charge in [0.15, 0.2) is 5.78 Å². The Bertz CT molecular complexity index is 449. The number of ether oxygens (including phenoxy) is 2. The predicted molar refractivity (Wildman–Crippen MR) is 59.3 cm³/mol. The molecule has 0 aliphatic heterocycles. The molecule has 0 saturated carbocycles. The maximum absolute atomic E-state index is 13.0. The second-order valence-corrected chi connectivity index (χ2v) is 3.77. The third kappa shape index (κ3) is 3.29. The quantitative estimate of drug-likeness (QED) is 0.613. The normalized spacial score (nSPS) is 13.0. The van der Waals surface area contributed by atoms with Crippen LogP contribution in [-0.4, -0.2) is 24.6 Å². The summed E-state index contributed by atoms with van der Waals surface area (Å²) in [6, 6.07) is 3.70. The van der Waals surface area contributed by atoms with E-state index in [1.54, 1.807) is 0 Å². The summed E-state index contributed by atoms with van der Waals surface area (Å²) in [5.74, 6) is -0.806. The van der Waals surface area contributed by atoms with E-state index < -0.39 is 23.3 Å². The van der Waals surface area contributed by atoms with Crippen LogP contribution in [0.5, 0.6) is 11.5 Å². The Hall–Kier alpha value is -1.43. The van der Waals surface area contributed by atoms with Gasteiger partial charge in [0.25, 0.3) is 5.63 Å². The number of ketones is 1. The van der Waals surface area contributed by atoms with Gasteiger partial charge >= 0.3 is 6.11 Å². The first-order chi connectivity index (χ1) is 8.27. The maximum atomic E-state index is 13.0. The largest absolute Gasteiger partial charge is 0.497 e. The molecule has 0 spiro atoms.